The average molecular weight is 267 g/mol. The van der Waals surface area contributed by atoms with Crippen molar-refractivity contribution in [2.24, 2.45) is 0 Å². The van der Waals surface area contributed by atoms with Gasteiger partial charge in [-0.05, 0) is 35.9 Å². The summed E-state index contributed by atoms with van der Waals surface area (Å²) in [6, 6.07) is 15.4. The fourth-order valence-corrected chi connectivity index (χ4v) is 2.11. The van der Waals surface area contributed by atoms with Crippen molar-refractivity contribution in [3.8, 4) is 11.8 Å². The van der Waals surface area contributed by atoms with E-state index in [1.807, 2.05) is 42.3 Å². The van der Waals surface area contributed by atoms with Gasteiger partial charge >= 0.3 is 0 Å². The molecule has 2 aromatic carbocycles. The van der Waals surface area contributed by atoms with E-state index in [-0.39, 0.29) is 0 Å². The Labute approximate surface area is 119 Å². The number of hydrogen-bond donors (Lipinski definition) is 1. The van der Waals surface area contributed by atoms with Gasteiger partial charge in [0, 0.05) is 19.3 Å². The number of anilines is 2. The van der Waals surface area contributed by atoms with Crippen LogP contribution >= 0.6 is 0 Å². The summed E-state index contributed by atoms with van der Waals surface area (Å²) >= 11 is 0. The number of nitrogen functional groups attached to an aromatic ring is 1. The third-order valence-electron chi connectivity index (χ3n) is 3.11. The van der Waals surface area contributed by atoms with Crippen molar-refractivity contribution in [3.05, 3.63) is 53.6 Å². The Bertz CT molecular complexity index is 646. The topological polar surface area (TPSA) is 62.3 Å². The highest BCUT2D eigenvalue weighted by Crippen LogP contribution is 2.23. The molecule has 102 valence electrons. The number of methoxy groups -OCH3 is 1. The Kier molecular flexibility index (Phi) is 4.11. The van der Waals surface area contributed by atoms with Gasteiger partial charge in [0.1, 0.15) is 11.8 Å². The molecule has 0 aliphatic rings. The van der Waals surface area contributed by atoms with Crippen LogP contribution in [-0.2, 0) is 6.54 Å². The second kappa shape index (κ2) is 5.98. The van der Waals surface area contributed by atoms with Crippen molar-refractivity contribution in [1.82, 2.24) is 0 Å². The predicted octanol–water partition coefficient (Wildman–Crippen LogP) is 2.79. The maximum atomic E-state index is 9.19. The van der Waals surface area contributed by atoms with E-state index < -0.39 is 0 Å². The molecule has 0 saturated carbocycles. The first-order valence-corrected chi connectivity index (χ1v) is 6.27. The first-order chi connectivity index (χ1) is 9.63. The minimum absolute atomic E-state index is 0.579. The molecule has 0 bridgehead atoms. The number of hydrogen-bond acceptors (Lipinski definition) is 4. The molecule has 0 spiro atoms. The van der Waals surface area contributed by atoms with Crippen LogP contribution in [0, 0.1) is 11.3 Å². The van der Waals surface area contributed by atoms with Crippen LogP contribution in [0.15, 0.2) is 42.5 Å². The molecule has 0 heterocycles. The lowest BCUT2D eigenvalue weighted by atomic mass is 10.1. The Morgan fingerprint density at radius 3 is 2.75 bits per heavy atom. The summed E-state index contributed by atoms with van der Waals surface area (Å²) in [6.07, 6.45) is 0. The Morgan fingerprint density at radius 2 is 2.05 bits per heavy atom. The Balaban J connectivity index is 2.24. The van der Waals surface area contributed by atoms with Crippen LogP contribution in [0.25, 0.3) is 0 Å². The van der Waals surface area contributed by atoms with Gasteiger partial charge in [0.15, 0.2) is 0 Å². The fourth-order valence-electron chi connectivity index (χ4n) is 2.11. The lowest BCUT2D eigenvalue weighted by molar-refractivity contribution is 0.414. The maximum absolute atomic E-state index is 9.19. The third-order valence-corrected chi connectivity index (χ3v) is 3.11. The SMILES string of the molecule is COc1cccc(CN(C)c2ccc(N)cc2C#N)c1. The normalized spacial score (nSPS) is 9.85. The third kappa shape index (κ3) is 3.01. The van der Waals surface area contributed by atoms with E-state index in [1.165, 1.54) is 0 Å². The predicted molar refractivity (Wildman–Crippen MR) is 80.7 cm³/mol. The zero-order chi connectivity index (χ0) is 14.5. The first kappa shape index (κ1) is 13.8. The summed E-state index contributed by atoms with van der Waals surface area (Å²) in [4.78, 5) is 2.02. The molecule has 2 rings (SSSR count). The van der Waals surface area contributed by atoms with E-state index in [0.29, 0.717) is 17.8 Å². The summed E-state index contributed by atoms with van der Waals surface area (Å²) < 4.78 is 5.22. The molecule has 0 unspecified atom stereocenters. The fraction of sp³-hybridized carbons (Fsp3) is 0.188. The molecule has 4 heteroatoms. The quantitative estimate of drug-likeness (QED) is 0.865. The molecule has 0 saturated heterocycles. The van der Waals surface area contributed by atoms with Crippen LogP contribution in [0.1, 0.15) is 11.1 Å². The van der Waals surface area contributed by atoms with Crippen LogP contribution in [0.2, 0.25) is 0 Å². The maximum Gasteiger partial charge on any atom is 0.119 e. The van der Waals surface area contributed by atoms with E-state index in [1.54, 1.807) is 19.2 Å². The Hall–Kier alpha value is -2.67. The molecule has 20 heavy (non-hydrogen) atoms. The van der Waals surface area contributed by atoms with Gasteiger partial charge in [0.2, 0.25) is 0 Å². The van der Waals surface area contributed by atoms with E-state index in [0.717, 1.165) is 17.0 Å². The lowest BCUT2D eigenvalue weighted by Gasteiger charge is -2.21. The van der Waals surface area contributed by atoms with E-state index >= 15 is 0 Å². The molecular formula is C16H17N3O. The molecule has 0 atom stereocenters. The minimum atomic E-state index is 0.579. The highest BCUT2D eigenvalue weighted by Gasteiger charge is 2.08. The molecule has 0 amide bonds. The standard InChI is InChI=1S/C16H17N3O/c1-19(11-12-4-3-5-15(8-12)20-2)16-7-6-14(18)9-13(16)10-17/h3-9H,11,18H2,1-2H3. The minimum Gasteiger partial charge on any atom is -0.497 e. The van der Waals surface area contributed by atoms with Crippen LogP contribution in [0.4, 0.5) is 11.4 Å². The summed E-state index contributed by atoms with van der Waals surface area (Å²) in [5, 5.41) is 9.19. The second-order valence-electron chi connectivity index (χ2n) is 4.60. The highest BCUT2D eigenvalue weighted by molar-refractivity contribution is 5.64. The van der Waals surface area contributed by atoms with Crippen molar-refractivity contribution in [2.45, 2.75) is 6.54 Å². The molecule has 0 radical (unpaired) electrons. The van der Waals surface area contributed by atoms with Gasteiger partial charge in [-0.3, -0.25) is 0 Å². The summed E-state index contributed by atoms with van der Waals surface area (Å²) in [5.74, 6) is 0.828. The number of nitrogens with two attached hydrogens (primary N) is 1. The van der Waals surface area contributed by atoms with Gasteiger partial charge in [0.05, 0.1) is 18.4 Å². The zero-order valence-electron chi connectivity index (χ0n) is 11.6. The van der Waals surface area contributed by atoms with E-state index in [2.05, 4.69) is 6.07 Å². The van der Waals surface area contributed by atoms with E-state index in [9.17, 15) is 5.26 Å². The molecule has 2 N–H and O–H groups in total. The summed E-state index contributed by atoms with van der Waals surface area (Å²) in [7, 11) is 3.60. The molecule has 4 nitrogen and oxygen atoms in total. The first-order valence-electron chi connectivity index (χ1n) is 6.27. The van der Waals surface area contributed by atoms with Gasteiger partial charge in [-0.15, -0.1) is 0 Å². The highest BCUT2D eigenvalue weighted by atomic mass is 16.5. The van der Waals surface area contributed by atoms with Crippen LogP contribution in [0.5, 0.6) is 5.75 Å². The molecule has 0 aliphatic carbocycles. The second-order valence-corrected chi connectivity index (χ2v) is 4.60. The molecule has 2 aromatic rings. The van der Waals surface area contributed by atoms with Gasteiger partial charge in [-0.1, -0.05) is 12.1 Å². The largest absolute Gasteiger partial charge is 0.497 e. The van der Waals surface area contributed by atoms with Crippen LogP contribution < -0.4 is 15.4 Å². The number of benzene rings is 2. The van der Waals surface area contributed by atoms with Crippen molar-refractivity contribution in [3.63, 3.8) is 0 Å². The monoisotopic (exact) mass is 267 g/mol. The number of ether oxygens (including phenoxy) is 1. The summed E-state index contributed by atoms with van der Waals surface area (Å²) in [6.45, 7) is 0.690. The van der Waals surface area contributed by atoms with Crippen LogP contribution in [-0.4, -0.2) is 14.2 Å². The number of nitriles is 1. The van der Waals surface area contributed by atoms with Gasteiger partial charge in [-0.2, -0.15) is 5.26 Å². The van der Waals surface area contributed by atoms with Crippen molar-refractivity contribution in [2.75, 3.05) is 24.8 Å². The summed E-state index contributed by atoms with van der Waals surface area (Å²) in [5.41, 5.74) is 8.87. The number of rotatable bonds is 4. The van der Waals surface area contributed by atoms with Gasteiger partial charge in [0.25, 0.3) is 0 Å². The number of nitrogens with zero attached hydrogens (tertiary/aromatic N) is 2. The molecule has 0 aliphatic heterocycles. The molecule has 0 aromatic heterocycles. The zero-order valence-corrected chi connectivity index (χ0v) is 11.6. The Morgan fingerprint density at radius 1 is 1.25 bits per heavy atom. The van der Waals surface area contributed by atoms with Crippen molar-refractivity contribution >= 4 is 11.4 Å². The van der Waals surface area contributed by atoms with Crippen molar-refractivity contribution < 1.29 is 4.74 Å². The molecule has 0 fully saturated rings. The smallest absolute Gasteiger partial charge is 0.119 e. The van der Waals surface area contributed by atoms with Gasteiger partial charge < -0.3 is 15.4 Å². The van der Waals surface area contributed by atoms with Crippen LogP contribution in [0.3, 0.4) is 0 Å². The average Bonchev–Trinajstić information content (AvgIpc) is 2.47. The molecular weight excluding hydrogens is 250 g/mol. The van der Waals surface area contributed by atoms with Crippen molar-refractivity contribution in [1.29, 1.82) is 5.26 Å². The van der Waals surface area contributed by atoms with Gasteiger partial charge in [-0.25, -0.2) is 0 Å². The lowest BCUT2D eigenvalue weighted by Crippen LogP contribution is -2.17. The van der Waals surface area contributed by atoms with E-state index in [4.69, 9.17) is 10.5 Å².